The molecule has 5 nitrogen and oxygen atoms in total. The molecule has 0 aliphatic rings. The summed E-state index contributed by atoms with van der Waals surface area (Å²) < 4.78 is 6.89. The Hall–Kier alpha value is -1.07. The van der Waals surface area contributed by atoms with Gasteiger partial charge in [0.05, 0.1) is 6.61 Å². The van der Waals surface area contributed by atoms with Crippen LogP contribution in [0.2, 0.25) is 0 Å². The number of nitrogens with two attached hydrogens (primary N) is 1. The summed E-state index contributed by atoms with van der Waals surface area (Å²) in [5, 5.41) is 13.3. The quantitative estimate of drug-likeness (QED) is 0.538. The minimum absolute atomic E-state index is 0.503. The lowest BCUT2D eigenvalue weighted by Crippen LogP contribution is -2.24. The molecular weight excluding hydrogens is 182 g/mol. The first-order valence-electron chi connectivity index (χ1n) is 4.63. The van der Waals surface area contributed by atoms with Crippen molar-refractivity contribution in [3.8, 4) is 0 Å². The highest BCUT2D eigenvalue weighted by atomic mass is 16.6. The van der Waals surface area contributed by atoms with Gasteiger partial charge in [-0.25, -0.2) is 0 Å². The topological polar surface area (TPSA) is 73.3 Å². The molecule has 0 radical (unpaired) electrons. The molecule has 0 fully saturated rings. The number of hydrogen-bond donors (Lipinski definition) is 2. The van der Waals surface area contributed by atoms with Gasteiger partial charge in [-0.3, -0.25) is 4.68 Å². The molecule has 80 valence electrons. The monoisotopic (exact) mass is 199 g/mol. The first-order chi connectivity index (χ1) is 6.47. The zero-order valence-corrected chi connectivity index (χ0v) is 8.60. The van der Waals surface area contributed by atoms with E-state index in [2.05, 4.69) is 5.10 Å². The molecule has 1 heterocycles. The molecular formula is C9H17N3O2. The zero-order valence-electron chi connectivity index (χ0n) is 8.60. The van der Waals surface area contributed by atoms with Crippen molar-refractivity contribution in [2.24, 2.45) is 0 Å². The van der Waals surface area contributed by atoms with E-state index in [9.17, 15) is 5.11 Å². The Balaban J connectivity index is 2.16. The predicted molar refractivity (Wildman–Crippen MR) is 53.5 cm³/mol. The highest BCUT2D eigenvalue weighted by Crippen LogP contribution is 2.04. The Labute approximate surface area is 83.5 Å². The van der Waals surface area contributed by atoms with Crippen molar-refractivity contribution in [1.29, 1.82) is 0 Å². The minimum atomic E-state index is -1.05. The molecule has 0 saturated heterocycles. The summed E-state index contributed by atoms with van der Waals surface area (Å²) in [7, 11) is 0. The fourth-order valence-corrected chi connectivity index (χ4v) is 1.05. The van der Waals surface area contributed by atoms with Crippen molar-refractivity contribution in [3.05, 3.63) is 12.3 Å². The fraction of sp³-hybridized carbons (Fsp3) is 0.667. The summed E-state index contributed by atoms with van der Waals surface area (Å²) in [5.74, 6) is -0.531. The van der Waals surface area contributed by atoms with Gasteiger partial charge in [0.2, 0.25) is 0 Å². The highest BCUT2D eigenvalue weighted by Gasteiger charge is 2.11. The van der Waals surface area contributed by atoms with Gasteiger partial charge in [0.15, 0.2) is 5.79 Å². The van der Waals surface area contributed by atoms with Gasteiger partial charge in [-0.05, 0) is 26.3 Å². The van der Waals surface area contributed by atoms with Gasteiger partial charge in [0.25, 0.3) is 0 Å². The molecule has 0 aromatic carbocycles. The van der Waals surface area contributed by atoms with Crippen molar-refractivity contribution in [1.82, 2.24) is 9.78 Å². The molecule has 0 aliphatic heterocycles. The summed E-state index contributed by atoms with van der Waals surface area (Å²) >= 11 is 0. The van der Waals surface area contributed by atoms with E-state index >= 15 is 0 Å². The van der Waals surface area contributed by atoms with Crippen molar-refractivity contribution in [2.75, 3.05) is 12.3 Å². The van der Waals surface area contributed by atoms with Crippen LogP contribution in [-0.2, 0) is 11.3 Å². The Morgan fingerprint density at radius 2 is 2.36 bits per heavy atom. The van der Waals surface area contributed by atoms with E-state index in [0.29, 0.717) is 12.4 Å². The van der Waals surface area contributed by atoms with E-state index in [4.69, 9.17) is 10.5 Å². The molecule has 1 rings (SSSR count). The number of nitrogen functional groups attached to an aromatic ring is 1. The Bertz CT molecular complexity index is 278. The van der Waals surface area contributed by atoms with E-state index in [1.165, 1.54) is 0 Å². The van der Waals surface area contributed by atoms with Crippen LogP contribution in [0.15, 0.2) is 12.3 Å². The van der Waals surface area contributed by atoms with Crippen molar-refractivity contribution >= 4 is 5.82 Å². The lowest BCUT2D eigenvalue weighted by Gasteiger charge is -2.17. The molecule has 0 bridgehead atoms. The Kier molecular flexibility index (Phi) is 3.49. The first-order valence-corrected chi connectivity index (χ1v) is 4.63. The van der Waals surface area contributed by atoms with E-state index in [1.54, 1.807) is 24.6 Å². The largest absolute Gasteiger partial charge is 0.382 e. The third-order valence-electron chi connectivity index (χ3n) is 1.65. The van der Waals surface area contributed by atoms with Crippen LogP contribution < -0.4 is 5.73 Å². The Morgan fingerprint density at radius 3 is 2.86 bits per heavy atom. The van der Waals surface area contributed by atoms with Gasteiger partial charge >= 0.3 is 0 Å². The molecule has 0 unspecified atom stereocenters. The fourth-order valence-electron chi connectivity index (χ4n) is 1.05. The second kappa shape index (κ2) is 4.43. The second-order valence-electron chi connectivity index (χ2n) is 3.65. The third kappa shape index (κ3) is 4.25. The smallest absolute Gasteiger partial charge is 0.159 e. The van der Waals surface area contributed by atoms with Gasteiger partial charge < -0.3 is 15.6 Å². The maximum Gasteiger partial charge on any atom is 0.159 e. The summed E-state index contributed by atoms with van der Waals surface area (Å²) in [6.45, 7) is 4.47. The zero-order chi connectivity index (χ0) is 10.6. The average molecular weight is 199 g/mol. The van der Waals surface area contributed by atoms with E-state index in [-0.39, 0.29) is 0 Å². The van der Waals surface area contributed by atoms with Gasteiger partial charge in [-0.1, -0.05) is 0 Å². The van der Waals surface area contributed by atoms with Gasteiger partial charge in [-0.2, -0.15) is 5.10 Å². The number of nitrogens with zero attached hydrogens (tertiary/aromatic N) is 2. The van der Waals surface area contributed by atoms with Crippen LogP contribution in [0, 0.1) is 0 Å². The first kappa shape index (κ1) is 11.0. The number of aliphatic hydroxyl groups is 1. The molecule has 3 N–H and O–H groups in total. The molecule has 1 aromatic rings. The van der Waals surface area contributed by atoms with E-state index in [1.807, 2.05) is 6.20 Å². The number of aromatic nitrogens is 2. The lowest BCUT2D eigenvalue weighted by atomic mass is 10.4. The minimum Gasteiger partial charge on any atom is -0.382 e. The van der Waals surface area contributed by atoms with Crippen LogP contribution in [0.5, 0.6) is 0 Å². The SMILES string of the molecule is CC(C)(O)OCCCn1ccc(N)n1. The molecule has 0 atom stereocenters. The summed E-state index contributed by atoms with van der Waals surface area (Å²) in [6, 6.07) is 1.75. The van der Waals surface area contributed by atoms with Crippen LogP contribution in [0.4, 0.5) is 5.82 Å². The maximum atomic E-state index is 9.25. The molecule has 1 aromatic heterocycles. The van der Waals surface area contributed by atoms with Crippen LogP contribution in [0.3, 0.4) is 0 Å². The molecule has 0 amide bonds. The number of hydrogen-bond acceptors (Lipinski definition) is 4. The van der Waals surface area contributed by atoms with Crippen LogP contribution in [0.1, 0.15) is 20.3 Å². The van der Waals surface area contributed by atoms with Crippen molar-refractivity contribution in [2.45, 2.75) is 32.6 Å². The molecule has 5 heteroatoms. The van der Waals surface area contributed by atoms with E-state index < -0.39 is 5.79 Å². The third-order valence-corrected chi connectivity index (χ3v) is 1.65. The molecule has 0 spiro atoms. The normalized spacial score (nSPS) is 11.9. The molecule has 0 saturated carbocycles. The molecule has 0 aliphatic carbocycles. The standard InChI is InChI=1S/C9H17N3O2/c1-9(2,13)14-7-3-5-12-6-4-8(10)11-12/h4,6,13H,3,5,7H2,1-2H3,(H2,10,11). The van der Waals surface area contributed by atoms with Crippen molar-refractivity contribution < 1.29 is 9.84 Å². The number of ether oxygens (including phenoxy) is 1. The number of aryl methyl sites for hydroxylation is 1. The highest BCUT2D eigenvalue weighted by molar-refractivity contribution is 5.23. The maximum absolute atomic E-state index is 9.25. The average Bonchev–Trinajstić information content (AvgIpc) is 2.44. The van der Waals surface area contributed by atoms with Crippen LogP contribution in [0.25, 0.3) is 0 Å². The van der Waals surface area contributed by atoms with Crippen molar-refractivity contribution in [3.63, 3.8) is 0 Å². The van der Waals surface area contributed by atoms with Gasteiger partial charge in [0, 0.05) is 12.7 Å². The lowest BCUT2D eigenvalue weighted by molar-refractivity contribution is -0.176. The predicted octanol–water partition coefficient (Wildman–Crippen LogP) is 0.600. The van der Waals surface area contributed by atoms with Gasteiger partial charge in [-0.15, -0.1) is 0 Å². The summed E-state index contributed by atoms with van der Waals surface area (Å²) in [4.78, 5) is 0. The number of rotatable bonds is 5. The second-order valence-corrected chi connectivity index (χ2v) is 3.65. The van der Waals surface area contributed by atoms with Crippen LogP contribution >= 0.6 is 0 Å². The number of anilines is 1. The Morgan fingerprint density at radius 1 is 1.64 bits per heavy atom. The summed E-state index contributed by atoms with van der Waals surface area (Å²) in [6.07, 6.45) is 2.62. The van der Waals surface area contributed by atoms with Gasteiger partial charge in [0.1, 0.15) is 5.82 Å². The molecule has 14 heavy (non-hydrogen) atoms. The van der Waals surface area contributed by atoms with E-state index in [0.717, 1.165) is 13.0 Å². The summed E-state index contributed by atoms with van der Waals surface area (Å²) in [5.41, 5.74) is 5.45. The van der Waals surface area contributed by atoms with Crippen LogP contribution in [-0.4, -0.2) is 27.3 Å².